The molecule has 2 aliphatic rings. The fraction of sp³-hybridized carbons (Fsp3) is 0.714. The topological polar surface area (TPSA) is 70.7 Å². The van der Waals surface area contributed by atoms with Crippen LogP contribution in [0, 0.1) is 5.92 Å². The number of aliphatic imine (C=N–C) groups is 1. The molecule has 1 unspecified atom stereocenters. The zero-order chi connectivity index (χ0) is 19.1. The summed E-state index contributed by atoms with van der Waals surface area (Å²) in [7, 11) is 0. The Labute approximate surface area is 190 Å². The molecule has 1 aromatic heterocycles. The number of halogens is 1. The highest BCUT2D eigenvalue weighted by molar-refractivity contribution is 14.0. The second kappa shape index (κ2) is 11.4. The van der Waals surface area contributed by atoms with E-state index in [0.29, 0.717) is 12.3 Å². The van der Waals surface area contributed by atoms with E-state index >= 15 is 0 Å². The number of nitrogens with two attached hydrogens (primary N) is 1. The van der Waals surface area contributed by atoms with Gasteiger partial charge in [-0.05, 0) is 50.0 Å². The van der Waals surface area contributed by atoms with Gasteiger partial charge >= 0.3 is 0 Å². The molecule has 1 aromatic rings. The molecule has 0 spiro atoms. The van der Waals surface area contributed by atoms with Crippen molar-refractivity contribution in [2.75, 3.05) is 26.2 Å². The third-order valence-corrected chi connectivity index (χ3v) is 7.15. The van der Waals surface area contributed by atoms with E-state index in [2.05, 4.69) is 34.7 Å². The lowest BCUT2D eigenvalue weighted by Crippen LogP contribution is -2.47. The number of likely N-dealkylation sites (tertiary alicyclic amines) is 1. The largest absolute Gasteiger partial charge is 0.370 e. The first-order valence-electron chi connectivity index (χ1n) is 10.5. The third-order valence-electron chi connectivity index (χ3n) is 6.03. The predicted octanol–water partition coefficient (Wildman–Crippen LogP) is 4.12. The number of hydrogen-bond donors (Lipinski definition) is 2. The van der Waals surface area contributed by atoms with Crippen molar-refractivity contribution in [2.45, 2.75) is 63.7 Å². The number of guanidine groups is 1. The smallest absolute Gasteiger partial charge is 0.217 e. The van der Waals surface area contributed by atoms with Crippen LogP contribution >= 0.6 is 35.3 Å². The summed E-state index contributed by atoms with van der Waals surface area (Å²) in [6, 6.07) is 4.46. The molecule has 0 bridgehead atoms. The first kappa shape index (κ1) is 23.4. The summed E-state index contributed by atoms with van der Waals surface area (Å²) in [6.45, 7) is 5.72. The van der Waals surface area contributed by atoms with Crippen LogP contribution in [0.5, 0.6) is 0 Å². The quantitative estimate of drug-likeness (QED) is 0.338. The van der Waals surface area contributed by atoms with E-state index in [1.54, 1.807) is 0 Å². The number of amides is 1. The highest BCUT2D eigenvalue weighted by atomic mass is 127. The molecule has 1 aliphatic carbocycles. The lowest BCUT2D eigenvalue weighted by atomic mass is 9.73. The Bertz CT molecular complexity index is 628. The molecule has 158 valence electrons. The van der Waals surface area contributed by atoms with Crippen LogP contribution in [0.25, 0.3) is 0 Å². The maximum atomic E-state index is 11.3. The van der Waals surface area contributed by atoms with Crippen LogP contribution in [0.3, 0.4) is 0 Å². The molecular weight excluding hydrogens is 483 g/mol. The minimum absolute atomic E-state index is 0. The van der Waals surface area contributed by atoms with E-state index in [9.17, 15) is 4.79 Å². The summed E-state index contributed by atoms with van der Waals surface area (Å²) in [6.07, 6.45) is 9.08. The summed E-state index contributed by atoms with van der Waals surface area (Å²) in [5.41, 5.74) is 5.63. The average molecular weight is 519 g/mol. The molecule has 0 radical (unpaired) electrons. The van der Waals surface area contributed by atoms with Crippen LogP contribution < -0.4 is 11.1 Å². The van der Waals surface area contributed by atoms with Gasteiger partial charge in [0.05, 0.1) is 6.54 Å². The summed E-state index contributed by atoms with van der Waals surface area (Å²) in [5.74, 6) is 1.16. The Morgan fingerprint density at radius 3 is 2.79 bits per heavy atom. The van der Waals surface area contributed by atoms with Crippen molar-refractivity contribution in [1.29, 1.82) is 0 Å². The predicted molar refractivity (Wildman–Crippen MR) is 129 cm³/mol. The van der Waals surface area contributed by atoms with Crippen molar-refractivity contribution in [3.63, 3.8) is 0 Å². The summed E-state index contributed by atoms with van der Waals surface area (Å²) >= 11 is 1.88. The van der Waals surface area contributed by atoms with Gasteiger partial charge in [-0.15, -0.1) is 35.3 Å². The van der Waals surface area contributed by atoms with Crippen molar-refractivity contribution in [3.8, 4) is 0 Å². The molecule has 2 fully saturated rings. The molecule has 3 rings (SSSR count). The molecule has 1 amide bonds. The van der Waals surface area contributed by atoms with Gasteiger partial charge in [-0.1, -0.05) is 25.3 Å². The molecule has 7 heteroatoms. The Morgan fingerprint density at radius 2 is 2.14 bits per heavy atom. The van der Waals surface area contributed by atoms with Crippen molar-refractivity contribution < 1.29 is 4.79 Å². The SMILES string of the molecule is CCNC(=NCC1(c2cccs2)CCCCC1)N1CCCC(CC(N)=O)C1.I. The maximum Gasteiger partial charge on any atom is 0.217 e. The van der Waals surface area contributed by atoms with E-state index in [-0.39, 0.29) is 35.3 Å². The highest BCUT2D eigenvalue weighted by Crippen LogP contribution is 2.41. The normalized spacial score (nSPS) is 22.4. The number of thiophene rings is 1. The molecule has 1 aliphatic heterocycles. The van der Waals surface area contributed by atoms with Gasteiger partial charge in [-0.3, -0.25) is 9.79 Å². The lowest BCUT2D eigenvalue weighted by molar-refractivity contribution is -0.119. The molecule has 0 aromatic carbocycles. The van der Waals surface area contributed by atoms with Crippen LogP contribution in [0.2, 0.25) is 0 Å². The first-order valence-corrected chi connectivity index (χ1v) is 11.4. The molecule has 3 N–H and O–H groups in total. The van der Waals surface area contributed by atoms with Crippen LogP contribution in [0.1, 0.15) is 63.2 Å². The van der Waals surface area contributed by atoms with Crippen molar-refractivity contribution in [1.82, 2.24) is 10.2 Å². The van der Waals surface area contributed by atoms with Gasteiger partial charge in [0.2, 0.25) is 5.91 Å². The molecule has 1 saturated carbocycles. The van der Waals surface area contributed by atoms with Gasteiger partial charge in [0, 0.05) is 36.3 Å². The standard InChI is InChI=1S/C21H34N4OS.HI/c1-2-23-20(25-12-6-8-17(15-25)14-19(22)26)24-16-21(10-4-3-5-11-21)18-9-7-13-27-18;/h7,9,13,17H,2-6,8,10-12,14-16H2,1H3,(H2,22,26)(H,23,24);1H. The fourth-order valence-corrected chi connectivity index (χ4v) is 5.63. The zero-order valence-corrected chi connectivity index (χ0v) is 20.1. The Kier molecular flexibility index (Phi) is 9.53. The van der Waals surface area contributed by atoms with Gasteiger partial charge < -0.3 is 16.0 Å². The second-order valence-electron chi connectivity index (χ2n) is 8.11. The average Bonchev–Trinajstić information content (AvgIpc) is 3.21. The van der Waals surface area contributed by atoms with Crippen LogP contribution in [-0.4, -0.2) is 42.9 Å². The molecule has 1 saturated heterocycles. The molecule has 2 heterocycles. The third kappa shape index (κ3) is 6.08. The Hall–Kier alpha value is -0.830. The van der Waals surface area contributed by atoms with Crippen LogP contribution in [0.15, 0.2) is 22.5 Å². The number of carbonyl (C=O) groups is 1. The van der Waals surface area contributed by atoms with E-state index in [0.717, 1.165) is 45.0 Å². The van der Waals surface area contributed by atoms with Crippen molar-refractivity contribution in [3.05, 3.63) is 22.4 Å². The number of piperidine rings is 1. The summed E-state index contributed by atoms with van der Waals surface area (Å²) in [5, 5.41) is 5.69. The Morgan fingerprint density at radius 1 is 1.36 bits per heavy atom. The number of hydrogen-bond acceptors (Lipinski definition) is 3. The Balaban J connectivity index is 0.00000280. The van der Waals surface area contributed by atoms with E-state index < -0.39 is 0 Å². The number of primary amides is 1. The minimum Gasteiger partial charge on any atom is -0.370 e. The van der Waals surface area contributed by atoms with Gasteiger partial charge in [0.15, 0.2) is 5.96 Å². The number of rotatable bonds is 6. The number of carbonyl (C=O) groups excluding carboxylic acids is 1. The van der Waals surface area contributed by atoms with E-state index in [1.807, 2.05) is 11.3 Å². The van der Waals surface area contributed by atoms with Gasteiger partial charge in [-0.2, -0.15) is 0 Å². The minimum atomic E-state index is -0.192. The van der Waals surface area contributed by atoms with Crippen LogP contribution in [-0.2, 0) is 10.2 Å². The second-order valence-corrected chi connectivity index (χ2v) is 9.06. The lowest BCUT2D eigenvalue weighted by Gasteiger charge is -2.37. The van der Waals surface area contributed by atoms with Crippen molar-refractivity contribution >= 4 is 47.2 Å². The summed E-state index contributed by atoms with van der Waals surface area (Å²) < 4.78 is 0. The zero-order valence-electron chi connectivity index (χ0n) is 17.0. The van der Waals surface area contributed by atoms with Gasteiger partial charge in [0.25, 0.3) is 0 Å². The highest BCUT2D eigenvalue weighted by Gasteiger charge is 2.35. The van der Waals surface area contributed by atoms with Gasteiger partial charge in [0.1, 0.15) is 0 Å². The molecular formula is C21H35IN4OS. The fourth-order valence-electron chi connectivity index (χ4n) is 4.65. The van der Waals surface area contributed by atoms with E-state index in [4.69, 9.17) is 10.7 Å². The number of nitrogens with zero attached hydrogens (tertiary/aromatic N) is 2. The van der Waals surface area contributed by atoms with Gasteiger partial charge in [-0.25, -0.2) is 0 Å². The molecule has 5 nitrogen and oxygen atoms in total. The van der Waals surface area contributed by atoms with Crippen LogP contribution in [0.4, 0.5) is 0 Å². The molecule has 28 heavy (non-hydrogen) atoms. The summed E-state index contributed by atoms with van der Waals surface area (Å²) in [4.78, 5) is 20.3. The number of nitrogens with one attached hydrogen (secondary N) is 1. The van der Waals surface area contributed by atoms with Crippen molar-refractivity contribution in [2.24, 2.45) is 16.6 Å². The monoisotopic (exact) mass is 518 g/mol. The first-order chi connectivity index (χ1) is 13.1. The maximum absolute atomic E-state index is 11.3. The molecule has 1 atom stereocenters. The van der Waals surface area contributed by atoms with E-state index in [1.165, 1.54) is 37.0 Å².